The molecule has 2 aromatic heterocycles. The number of H-pyrrole nitrogens is 1. The van der Waals surface area contributed by atoms with Crippen molar-refractivity contribution in [1.82, 2.24) is 14.9 Å². The van der Waals surface area contributed by atoms with Gasteiger partial charge in [-0.2, -0.15) is 0 Å². The van der Waals surface area contributed by atoms with E-state index in [0.717, 1.165) is 54.3 Å². The second-order valence-electron chi connectivity index (χ2n) is 7.13. The lowest BCUT2D eigenvalue weighted by Gasteiger charge is -2.31. The number of primary amides is 1. The number of thioether (sulfide) groups is 1. The summed E-state index contributed by atoms with van der Waals surface area (Å²) in [6.07, 6.45) is 5.77. The Morgan fingerprint density at radius 2 is 2.11 bits per heavy atom. The SMILES string of the molecule is NC(=O)[C@@H]1CCCN(C(=O)CSc2nc3sc4c(c3c(=O)[nH]2)CCCC4)C1. The number of aromatic amines is 1. The first-order chi connectivity index (χ1) is 13.0. The van der Waals surface area contributed by atoms with Crippen LogP contribution in [0.15, 0.2) is 9.95 Å². The van der Waals surface area contributed by atoms with Crippen LogP contribution in [0, 0.1) is 5.92 Å². The molecular formula is C18H22N4O3S2. The van der Waals surface area contributed by atoms with E-state index < -0.39 is 0 Å². The average molecular weight is 407 g/mol. The van der Waals surface area contributed by atoms with E-state index in [0.29, 0.717) is 18.2 Å². The third-order valence-corrected chi connectivity index (χ3v) is 7.36. The van der Waals surface area contributed by atoms with E-state index in [1.54, 1.807) is 16.2 Å². The molecule has 3 heterocycles. The molecule has 0 unspecified atom stereocenters. The van der Waals surface area contributed by atoms with Gasteiger partial charge in [-0.25, -0.2) is 4.98 Å². The molecule has 1 aliphatic carbocycles. The van der Waals surface area contributed by atoms with Crippen molar-refractivity contribution in [2.75, 3.05) is 18.8 Å². The number of rotatable bonds is 4. The number of carbonyl (C=O) groups is 2. The minimum Gasteiger partial charge on any atom is -0.369 e. The zero-order valence-electron chi connectivity index (χ0n) is 15.0. The van der Waals surface area contributed by atoms with E-state index in [-0.39, 0.29) is 29.0 Å². The Labute approximate surface area is 164 Å². The monoisotopic (exact) mass is 406 g/mol. The number of carbonyl (C=O) groups excluding carboxylic acids is 2. The third kappa shape index (κ3) is 3.75. The predicted molar refractivity (Wildman–Crippen MR) is 106 cm³/mol. The highest BCUT2D eigenvalue weighted by molar-refractivity contribution is 7.99. The van der Waals surface area contributed by atoms with Crippen molar-refractivity contribution >= 4 is 45.1 Å². The van der Waals surface area contributed by atoms with Crippen LogP contribution in [0.25, 0.3) is 10.2 Å². The van der Waals surface area contributed by atoms with Crippen molar-refractivity contribution in [2.45, 2.75) is 43.7 Å². The van der Waals surface area contributed by atoms with Crippen molar-refractivity contribution in [3.63, 3.8) is 0 Å². The molecule has 144 valence electrons. The number of aromatic nitrogens is 2. The summed E-state index contributed by atoms with van der Waals surface area (Å²) < 4.78 is 0. The summed E-state index contributed by atoms with van der Waals surface area (Å²) in [6, 6.07) is 0. The van der Waals surface area contributed by atoms with Crippen LogP contribution in [0.4, 0.5) is 0 Å². The second-order valence-corrected chi connectivity index (χ2v) is 9.18. The molecule has 2 aromatic rings. The Hall–Kier alpha value is -1.87. The van der Waals surface area contributed by atoms with Crippen molar-refractivity contribution in [3.8, 4) is 0 Å². The van der Waals surface area contributed by atoms with Gasteiger partial charge in [0.25, 0.3) is 5.56 Å². The van der Waals surface area contributed by atoms with E-state index in [4.69, 9.17) is 5.73 Å². The molecule has 0 aromatic carbocycles. The number of likely N-dealkylation sites (tertiary alicyclic amines) is 1. The summed E-state index contributed by atoms with van der Waals surface area (Å²) >= 11 is 2.84. The molecule has 9 heteroatoms. The Kier molecular flexibility index (Phi) is 5.23. The van der Waals surface area contributed by atoms with Gasteiger partial charge in [0.2, 0.25) is 11.8 Å². The minimum absolute atomic E-state index is 0.0563. The number of piperidine rings is 1. The first-order valence-electron chi connectivity index (χ1n) is 9.27. The summed E-state index contributed by atoms with van der Waals surface area (Å²) in [4.78, 5) is 47.6. The number of thiophene rings is 1. The van der Waals surface area contributed by atoms with E-state index in [1.165, 1.54) is 16.6 Å². The Balaban J connectivity index is 1.47. The van der Waals surface area contributed by atoms with Crippen molar-refractivity contribution in [3.05, 3.63) is 20.8 Å². The van der Waals surface area contributed by atoms with Crippen LogP contribution < -0.4 is 11.3 Å². The lowest BCUT2D eigenvalue weighted by molar-refractivity contribution is -0.132. The van der Waals surface area contributed by atoms with Gasteiger partial charge in [-0.1, -0.05) is 11.8 Å². The maximum Gasteiger partial charge on any atom is 0.260 e. The number of nitrogens with zero attached hydrogens (tertiary/aromatic N) is 2. The number of hydrogen-bond acceptors (Lipinski definition) is 6. The first-order valence-corrected chi connectivity index (χ1v) is 11.1. The Morgan fingerprint density at radius 3 is 2.93 bits per heavy atom. The summed E-state index contributed by atoms with van der Waals surface area (Å²) in [5.41, 5.74) is 6.43. The fourth-order valence-electron chi connectivity index (χ4n) is 3.87. The average Bonchev–Trinajstić information content (AvgIpc) is 3.05. The third-order valence-electron chi connectivity index (χ3n) is 5.31. The molecule has 3 N–H and O–H groups in total. The lowest BCUT2D eigenvalue weighted by Crippen LogP contribution is -2.44. The summed E-state index contributed by atoms with van der Waals surface area (Å²) in [7, 11) is 0. The van der Waals surface area contributed by atoms with Gasteiger partial charge >= 0.3 is 0 Å². The van der Waals surface area contributed by atoms with Crippen LogP contribution in [-0.4, -0.2) is 45.5 Å². The standard InChI is InChI=1S/C18H22N4O3S2/c19-15(24)10-4-3-7-22(8-10)13(23)9-26-18-20-16(25)14-11-5-1-2-6-12(11)27-17(14)21-18/h10H,1-9H2,(H2,19,24)(H,20,21,25)/t10-/m1/s1. The van der Waals surface area contributed by atoms with Crippen LogP contribution in [-0.2, 0) is 22.4 Å². The molecule has 0 radical (unpaired) electrons. The van der Waals surface area contributed by atoms with Gasteiger partial charge in [-0.15, -0.1) is 11.3 Å². The van der Waals surface area contributed by atoms with E-state index in [2.05, 4.69) is 9.97 Å². The molecule has 2 amide bonds. The van der Waals surface area contributed by atoms with E-state index >= 15 is 0 Å². The summed E-state index contributed by atoms with van der Waals surface area (Å²) in [6.45, 7) is 1.03. The summed E-state index contributed by atoms with van der Waals surface area (Å²) in [5.74, 6) is -0.484. The van der Waals surface area contributed by atoms with Crippen molar-refractivity contribution < 1.29 is 9.59 Å². The molecular weight excluding hydrogens is 384 g/mol. The van der Waals surface area contributed by atoms with Gasteiger partial charge in [-0.05, 0) is 44.1 Å². The van der Waals surface area contributed by atoms with E-state index in [9.17, 15) is 14.4 Å². The molecule has 7 nitrogen and oxygen atoms in total. The lowest BCUT2D eigenvalue weighted by atomic mass is 9.97. The number of nitrogens with two attached hydrogens (primary N) is 1. The first kappa shape index (κ1) is 18.5. The zero-order valence-corrected chi connectivity index (χ0v) is 16.6. The van der Waals surface area contributed by atoms with Crippen LogP contribution in [0.2, 0.25) is 0 Å². The topological polar surface area (TPSA) is 109 Å². The van der Waals surface area contributed by atoms with Crippen LogP contribution in [0.5, 0.6) is 0 Å². The van der Waals surface area contributed by atoms with Crippen molar-refractivity contribution in [2.24, 2.45) is 11.7 Å². The van der Waals surface area contributed by atoms with Gasteiger partial charge in [0.05, 0.1) is 17.1 Å². The molecule has 1 fully saturated rings. The van der Waals surface area contributed by atoms with Gasteiger partial charge in [0.15, 0.2) is 5.16 Å². The normalized spacial score (nSPS) is 19.9. The van der Waals surface area contributed by atoms with E-state index in [1.807, 2.05) is 0 Å². The minimum atomic E-state index is -0.349. The zero-order chi connectivity index (χ0) is 19.0. The molecule has 27 heavy (non-hydrogen) atoms. The highest BCUT2D eigenvalue weighted by Gasteiger charge is 2.27. The predicted octanol–water partition coefficient (Wildman–Crippen LogP) is 1.68. The highest BCUT2D eigenvalue weighted by Crippen LogP contribution is 2.34. The van der Waals surface area contributed by atoms with Crippen LogP contribution in [0.3, 0.4) is 0 Å². The fraction of sp³-hybridized carbons (Fsp3) is 0.556. The van der Waals surface area contributed by atoms with Crippen molar-refractivity contribution in [1.29, 1.82) is 0 Å². The number of amides is 2. The number of hydrogen-bond donors (Lipinski definition) is 2. The second kappa shape index (κ2) is 7.63. The van der Waals surface area contributed by atoms with Gasteiger partial charge in [0.1, 0.15) is 4.83 Å². The molecule has 0 spiro atoms. The number of aryl methyl sites for hydroxylation is 2. The molecule has 1 saturated heterocycles. The molecule has 1 atom stereocenters. The Bertz CT molecular complexity index is 952. The highest BCUT2D eigenvalue weighted by atomic mass is 32.2. The van der Waals surface area contributed by atoms with Gasteiger partial charge in [0, 0.05) is 18.0 Å². The maximum absolute atomic E-state index is 12.5. The maximum atomic E-state index is 12.5. The van der Waals surface area contributed by atoms with Crippen LogP contribution >= 0.6 is 23.1 Å². The molecule has 0 saturated carbocycles. The Morgan fingerprint density at radius 1 is 1.30 bits per heavy atom. The summed E-state index contributed by atoms with van der Waals surface area (Å²) in [5, 5.41) is 1.20. The molecule has 1 aliphatic heterocycles. The van der Waals surface area contributed by atoms with Gasteiger partial charge < -0.3 is 15.6 Å². The number of fused-ring (bicyclic) bond motifs is 3. The molecule has 0 bridgehead atoms. The number of nitrogens with one attached hydrogen (secondary N) is 1. The molecule has 2 aliphatic rings. The smallest absolute Gasteiger partial charge is 0.260 e. The largest absolute Gasteiger partial charge is 0.369 e. The molecule has 4 rings (SSSR count). The fourth-order valence-corrected chi connectivity index (χ4v) is 5.95. The van der Waals surface area contributed by atoms with Crippen LogP contribution in [0.1, 0.15) is 36.1 Å². The quantitative estimate of drug-likeness (QED) is 0.593. The van der Waals surface area contributed by atoms with Gasteiger partial charge in [-0.3, -0.25) is 14.4 Å².